The number of alkyl carbamates (subject to hydrolysis) is 1. The molecule has 7 nitrogen and oxygen atoms in total. The van der Waals surface area contributed by atoms with Crippen LogP contribution >= 0.6 is 0 Å². The summed E-state index contributed by atoms with van der Waals surface area (Å²) in [5.74, 6) is -0.291. The van der Waals surface area contributed by atoms with Gasteiger partial charge in [0.15, 0.2) is 0 Å². The van der Waals surface area contributed by atoms with Gasteiger partial charge < -0.3 is 19.7 Å². The van der Waals surface area contributed by atoms with Crippen LogP contribution in [-0.2, 0) is 19.1 Å². The van der Waals surface area contributed by atoms with Gasteiger partial charge in [-0.2, -0.15) is 0 Å². The smallest absolute Gasteiger partial charge is 0.408 e. The molecule has 1 aliphatic rings. The summed E-state index contributed by atoms with van der Waals surface area (Å²) in [6.07, 6.45) is 1.61. The number of rotatable bonds is 6. The molecule has 0 aliphatic carbocycles. The maximum Gasteiger partial charge on any atom is 0.408 e. The fourth-order valence-corrected chi connectivity index (χ4v) is 3.47. The first-order valence-corrected chi connectivity index (χ1v) is 10.1. The summed E-state index contributed by atoms with van der Waals surface area (Å²) in [6, 6.07) is 9.28. The molecule has 2 rings (SSSR count). The van der Waals surface area contributed by atoms with E-state index < -0.39 is 23.7 Å². The Morgan fingerprint density at radius 3 is 2.52 bits per heavy atom. The summed E-state index contributed by atoms with van der Waals surface area (Å²) in [4.78, 5) is 38.6. The molecule has 0 saturated carbocycles. The van der Waals surface area contributed by atoms with E-state index in [1.807, 2.05) is 23.1 Å². The number of nitrogens with zero attached hydrogens (tertiary/aromatic N) is 1. The first-order valence-electron chi connectivity index (χ1n) is 10.1. The van der Waals surface area contributed by atoms with Crippen LogP contribution in [-0.4, -0.2) is 54.7 Å². The Morgan fingerprint density at radius 1 is 1.21 bits per heavy atom. The molecule has 7 heteroatoms. The van der Waals surface area contributed by atoms with Gasteiger partial charge in [0.05, 0.1) is 7.11 Å². The molecule has 0 spiro atoms. The highest BCUT2D eigenvalue weighted by Crippen LogP contribution is 2.27. The minimum absolute atomic E-state index is 0.0227. The van der Waals surface area contributed by atoms with Crippen LogP contribution in [0.2, 0.25) is 0 Å². The third-order valence-corrected chi connectivity index (χ3v) is 4.87. The highest BCUT2D eigenvalue weighted by Gasteiger charge is 2.28. The Labute approximate surface area is 172 Å². The van der Waals surface area contributed by atoms with Crippen molar-refractivity contribution in [1.29, 1.82) is 0 Å². The summed E-state index contributed by atoms with van der Waals surface area (Å²) < 4.78 is 9.96. The van der Waals surface area contributed by atoms with Gasteiger partial charge in [-0.15, -0.1) is 0 Å². The Balaban J connectivity index is 1.91. The third-order valence-electron chi connectivity index (χ3n) is 4.87. The Hall–Kier alpha value is -2.57. The largest absolute Gasteiger partial charge is 0.467 e. The summed E-state index contributed by atoms with van der Waals surface area (Å²) in [7, 11) is 1.25. The van der Waals surface area contributed by atoms with Gasteiger partial charge in [0.25, 0.3) is 0 Å². The molecule has 29 heavy (non-hydrogen) atoms. The molecule has 1 aromatic rings. The van der Waals surface area contributed by atoms with Crippen molar-refractivity contribution in [2.75, 3.05) is 20.2 Å². The maximum absolute atomic E-state index is 12.7. The van der Waals surface area contributed by atoms with Gasteiger partial charge in [-0.1, -0.05) is 30.3 Å². The van der Waals surface area contributed by atoms with E-state index in [4.69, 9.17) is 9.47 Å². The van der Waals surface area contributed by atoms with Crippen molar-refractivity contribution in [3.8, 4) is 0 Å². The summed E-state index contributed by atoms with van der Waals surface area (Å²) in [5, 5.41) is 2.51. The molecule has 1 fully saturated rings. The number of carbonyl (C=O) groups excluding carboxylic acids is 3. The number of methoxy groups -OCH3 is 1. The highest BCUT2D eigenvalue weighted by atomic mass is 16.6. The molecule has 1 N–H and O–H groups in total. The van der Waals surface area contributed by atoms with Crippen LogP contribution in [0, 0.1) is 0 Å². The fraction of sp³-hybridized carbons (Fsp3) is 0.591. The monoisotopic (exact) mass is 404 g/mol. The molecule has 0 aromatic heterocycles. The number of esters is 1. The van der Waals surface area contributed by atoms with Crippen LogP contribution in [0.5, 0.6) is 0 Å². The second-order valence-corrected chi connectivity index (χ2v) is 8.35. The van der Waals surface area contributed by atoms with Crippen LogP contribution in [0.3, 0.4) is 0 Å². The zero-order chi connectivity index (χ0) is 21.4. The molecule has 1 aromatic carbocycles. The molecule has 1 unspecified atom stereocenters. The van der Waals surface area contributed by atoms with Gasteiger partial charge in [0, 0.05) is 25.4 Å². The molecule has 160 valence electrons. The Morgan fingerprint density at radius 2 is 1.90 bits per heavy atom. The van der Waals surface area contributed by atoms with Crippen molar-refractivity contribution in [1.82, 2.24) is 10.2 Å². The van der Waals surface area contributed by atoms with E-state index in [1.165, 1.54) is 12.7 Å². The lowest BCUT2D eigenvalue weighted by Gasteiger charge is -2.33. The first kappa shape index (κ1) is 22.7. The van der Waals surface area contributed by atoms with Gasteiger partial charge in [0.1, 0.15) is 11.6 Å². The van der Waals surface area contributed by atoms with Crippen molar-refractivity contribution >= 4 is 18.0 Å². The number of ether oxygens (including phenoxy) is 2. The van der Waals surface area contributed by atoms with Gasteiger partial charge in [-0.25, -0.2) is 9.59 Å². The molecule has 1 aliphatic heterocycles. The quantitative estimate of drug-likeness (QED) is 0.736. The molecular formula is C22H32N2O5. The van der Waals surface area contributed by atoms with Gasteiger partial charge in [-0.3, -0.25) is 4.79 Å². The Kier molecular flexibility index (Phi) is 8.05. The highest BCUT2D eigenvalue weighted by molar-refractivity contribution is 5.83. The number of hydrogen-bond acceptors (Lipinski definition) is 5. The number of amides is 2. The number of likely N-dealkylation sites (tertiary alicyclic amines) is 1. The lowest BCUT2D eigenvalue weighted by atomic mass is 9.90. The summed E-state index contributed by atoms with van der Waals surface area (Å²) in [5.41, 5.74) is 0.560. The summed E-state index contributed by atoms with van der Waals surface area (Å²) >= 11 is 0. The van der Waals surface area contributed by atoms with Crippen molar-refractivity contribution in [2.45, 2.75) is 64.0 Å². The normalized spacial score (nSPS) is 17.9. The fourth-order valence-electron chi connectivity index (χ4n) is 3.47. The molecule has 0 radical (unpaired) electrons. The van der Waals surface area contributed by atoms with E-state index in [1.54, 1.807) is 20.8 Å². The van der Waals surface area contributed by atoms with E-state index >= 15 is 0 Å². The lowest BCUT2D eigenvalue weighted by molar-refractivity contribution is -0.143. The Bertz CT molecular complexity index is 699. The zero-order valence-corrected chi connectivity index (χ0v) is 17.8. The average Bonchev–Trinajstić information content (AvgIpc) is 2.69. The topological polar surface area (TPSA) is 84.9 Å². The van der Waals surface area contributed by atoms with E-state index in [0.717, 1.165) is 12.8 Å². The minimum atomic E-state index is -0.923. The number of benzene rings is 1. The molecule has 1 saturated heterocycles. The molecule has 2 atom stereocenters. The van der Waals surface area contributed by atoms with Crippen LogP contribution < -0.4 is 5.32 Å². The van der Waals surface area contributed by atoms with Gasteiger partial charge in [-0.05, 0) is 45.6 Å². The molecule has 0 bridgehead atoms. The molecule has 2 amide bonds. The van der Waals surface area contributed by atoms with E-state index in [2.05, 4.69) is 17.4 Å². The van der Waals surface area contributed by atoms with Gasteiger partial charge >= 0.3 is 12.1 Å². The minimum Gasteiger partial charge on any atom is -0.467 e. The van der Waals surface area contributed by atoms with E-state index in [9.17, 15) is 14.4 Å². The predicted octanol–water partition coefficient (Wildman–Crippen LogP) is 3.24. The SMILES string of the molecule is COC(=O)[C@H](CCC(=O)N1CCCC(c2ccccc2)C1)NC(=O)OC(C)(C)C. The van der Waals surface area contributed by atoms with Gasteiger partial charge in [0.2, 0.25) is 5.91 Å². The van der Waals surface area contributed by atoms with E-state index in [0.29, 0.717) is 19.0 Å². The first-order chi connectivity index (χ1) is 13.7. The summed E-state index contributed by atoms with van der Waals surface area (Å²) in [6.45, 7) is 6.60. The number of carbonyl (C=O) groups is 3. The zero-order valence-electron chi connectivity index (χ0n) is 17.8. The van der Waals surface area contributed by atoms with Crippen molar-refractivity contribution in [3.63, 3.8) is 0 Å². The second kappa shape index (κ2) is 10.3. The molecule has 1 heterocycles. The maximum atomic E-state index is 12.7. The number of nitrogens with one attached hydrogen (secondary N) is 1. The molecular weight excluding hydrogens is 372 g/mol. The van der Waals surface area contributed by atoms with Crippen molar-refractivity contribution in [3.05, 3.63) is 35.9 Å². The standard InChI is InChI=1S/C22H32N2O5/c1-22(2,3)29-21(27)23-18(20(26)28-4)12-13-19(25)24-14-8-11-17(15-24)16-9-6-5-7-10-16/h5-7,9-10,17-18H,8,11-15H2,1-4H3,(H,23,27)/t17?,18-/m0/s1. The average molecular weight is 405 g/mol. The number of piperidine rings is 1. The number of hydrogen-bond donors (Lipinski definition) is 1. The van der Waals surface area contributed by atoms with Crippen LogP contribution in [0.15, 0.2) is 30.3 Å². The second-order valence-electron chi connectivity index (χ2n) is 8.35. The van der Waals surface area contributed by atoms with Crippen LogP contribution in [0.1, 0.15) is 57.9 Å². The van der Waals surface area contributed by atoms with Crippen molar-refractivity contribution in [2.24, 2.45) is 0 Å². The lowest BCUT2D eigenvalue weighted by Crippen LogP contribution is -2.45. The van der Waals surface area contributed by atoms with Crippen molar-refractivity contribution < 1.29 is 23.9 Å². The van der Waals surface area contributed by atoms with Crippen LogP contribution in [0.4, 0.5) is 4.79 Å². The third kappa shape index (κ3) is 7.40. The van der Waals surface area contributed by atoms with E-state index in [-0.39, 0.29) is 18.7 Å². The predicted molar refractivity (Wildman–Crippen MR) is 109 cm³/mol. The van der Waals surface area contributed by atoms with Crippen LogP contribution in [0.25, 0.3) is 0 Å².